The lowest BCUT2D eigenvalue weighted by Gasteiger charge is -2.04. The lowest BCUT2D eigenvalue weighted by atomic mass is 10.1. The van der Waals surface area contributed by atoms with Crippen molar-refractivity contribution in [3.05, 3.63) is 29.7 Å². The van der Waals surface area contributed by atoms with Crippen molar-refractivity contribution < 1.29 is 4.92 Å². The number of hydrogen-bond donors (Lipinski definition) is 0. The quantitative estimate of drug-likeness (QED) is 0.119. The summed E-state index contributed by atoms with van der Waals surface area (Å²) >= 11 is 23.9. The minimum absolute atomic E-state index is 0.0136. The van der Waals surface area contributed by atoms with Crippen molar-refractivity contribution in [2.45, 2.75) is 71.1 Å². The minimum Gasteiger partial charge on any atom is -0.258 e. The van der Waals surface area contributed by atoms with Crippen molar-refractivity contribution in [1.29, 1.82) is 0 Å². The SMILES string of the molecule is CCCCCCCCCCCCS/C(Cl)=C(/C(Cl)=C(Cl)Cl)[N+](=O)[O-]. The molecule has 0 bridgehead atoms. The number of unbranched alkanes of at least 4 members (excludes halogenated alkanes) is 9. The van der Waals surface area contributed by atoms with E-state index in [2.05, 4.69) is 6.92 Å². The smallest absolute Gasteiger partial charge is 0.258 e. The predicted octanol–water partition coefficient (Wildman–Crippen LogP) is 8.21. The fourth-order valence-corrected chi connectivity index (χ4v) is 3.83. The molecule has 0 fully saturated rings. The molecular weight excluding hydrogens is 412 g/mol. The largest absolute Gasteiger partial charge is 0.315 e. The molecule has 24 heavy (non-hydrogen) atoms. The molecule has 0 aromatic carbocycles. The van der Waals surface area contributed by atoms with Gasteiger partial charge in [0.15, 0.2) is 9.40 Å². The Labute approximate surface area is 169 Å². The number of nitro groups is 1. The van der Waals surface area contributed by atoms with Crippen LogP contribution in [0.25, 0.3) is 0 Å². The highest BCUT2D eigenvalue weighted by Crippen LogP contribution is 2.34. The van der Waals surface area contributed by atoms with E-state index in [9.17, 15) is 10.1 Å². The molecular formula is C16H25Cl4NO2S. The number of halogens is 4. The number of nitrogens with zero attached hydrogens (tertiary/aromatic N) is 1. The van der Waals surface area contributed by atoms with E-state index in [1.807, 2.05) is 0 Å². The van der Waals surface area contributed by atoms with Gasteiger partial charge >= 0.3 is 5.70 Å². The molecule has 0 saturated heterocycles. The lowest BCUT2D eigenvalue weighted by molar-refractivity contribution is -0.419. The van der Waals surface area contributed by atoms with E-state index >= 15 is 0 Å². The summed E-state index contributed by atoms with van der Waals surface area (Å²) in [7, 11) is 0. The first-order valence-corrected chi connectivity index (χ1v) is 10.8. The number of allylic oxidation sites excluding steroid dienone is 1. The molecule has 3 nitrogen and oxygen atoms in total. The maximum atomic E-state index is 11.0. The van der Waals surface area contributed by atoms with Crippen molar-refractivity contribution in [3.8, 4) is 0 Å². The van der Waals surface area contributed by atoms with Gasteiger partial charge in [0.25, 0.3) is 0 Å². The Bertz CT molecular complexity index is 438. The van der Waals surface area contributed by atoms with E-state index in [1.54, 1.807) is 0 Å². The van der Waals surface area contributed by atoms with Crippen LogP contribution in [-0.4, -0.2) is 10.7 Å². The van der Waals surface area contributed by atoms with Crippen molar-refractivity contribution in [2.24, 2.45) is 0 Å². The average molecular weight is 437 g/mol. The molecule has 0 atom stereocenters. The zero-order chi connectivity index (χ0) is 18.4. The third-order valence-electron chi connectivity index (χ3n) is 3.47. The van der Waals surface area contributed by atoms with E-state index in [0.717, 1.165) is 12.8 Å². The third-order valence-corrected chi connectivity index (χ3v) is 5.85. The van der Waals surface area contributed by atoms with Gasteiger partial charge in [-0.25, -0.2) is 0 Å². The number of thioether (sulfide) groups is 1. The zero-order valence-electron chi connectivity index (χ0n) is 14.0. The van der Waals surface area contributed by atoms with Crippen LogP contribution in [0, 0.1) is 10.1 Å². The van der Waals surface area contributed by atoms with Crippen molar-refractivity contribution in [1.82, 2.24) is 0 Å². The van der Waals surface area contributed by atoms with Gasteiger partial charge in [0.1, 0.15) is 4.49 Å². The van der Waals surface area contributed by atoms with E-state index in [4.69, 9.17) is 46.4 Å². The Morgan fingerprint density at radius 1 is 0.875 bits per heavy atom. The van der Waals surface area contributed by atoms with Gasteiger partial charge in [-0.2, -0.15) is 0 Å². The molecule has 0 aliphatic rings. The molecule has 8 heteroatoms. The highest BCUT2D eigenvalue weighted by atomic mass is 35.5. The standard InChI is InChI=1S/C16H25Cl4NO2S/c1-2-3-4-5-6-7-8-9-10-11-12-24-16(20)14(21(22)23)13(17)15(18)19/h2-12H2,1H3/b16-14-. The lowest BCUT2D eigenvalue weighted by Crippen LogP contribution is -2.01. The summed E-state index contributed by atoms with van der Waals surface area (Å²) in [6.45, 7) is 2.22. The fraction of sp³-hybridized carbons (Fsp3) is 0.750. The van der Waals surface area contributed by atoms with Crippen LogP contribution in [0.4, 0.5) is 0 Å². The highest BCUT2D eigenvalue weighted by Gasteiger charge is 2.24. The van der Waals surface area contributed by atoms with Crippen LogP contribution in [0.3, 0.4) is 0 Å². The Balaban J connectivity index is 3.92. The fourth-order valence-electron chi connectivity index (χ4n) is 2.15. The van der Waals surface area contributed by atoms with E-state index < -0.39 is 10.6 Å². The maximum absolute atomic E-state index is 11.0. The second kappa shape index (κ2) is 15.6. The molecule has 0 unspecified atom stereocenters. The summed E-state index contributed by atoms with van der Waals surface area (Å²) in [4.78, 5) is 10.3. The van der Waals surface area contributed by atoms with Gasteiger partial charge in [0.2, 0.25) is 0 Å². The summed E-state index contributed by atoms with van der Waals surface area (Å²) in [6.07, 6.45) is 12.4. The van der Waals surface area contributed by atoms with Crippen molar-refractivity contribution >= 4 is 58.2 Å². The predicted molar refractivity (Wildman–Crippen MR) is 109 cm³/mol. The van der Waals surface area contributed by atoms with Crippen LogP contribution < -0.4 is 0 Å². The first kappa shape index (κ1) is 24.4. The monoisotopic (exact) mass is 435 g/mol. The molecule has 0 aromatic rings. The Kier molecular flexibility index (Phi) is 15.9. The molecule has 0 spiro atoms. The van der Waals surface area contributed by atoms with Gasteiger partial charge < -0.3 is 0 Å². The van der Waals surface area contributed by atoms with Gasteiger partial charge in [-0.3, -0.25) is 10.1 Å². The second-order valence-corrected chi connectivity index (χ2v) is 8.52. The molecule has 0 aliphatic carbocycles. The molecule has 0 rings (SSSR count). The van der Waals surface area contributed by atoms with Gasteiger partial charge in [0, 0.05) is 0 Å². The van der Waals surface area contributed by atoms with Crippen LogP contribution in [0.2, 0.25) is 0 Å². The average Bonchev–Trinajstić information content (AvgIpc) is 2.52. The zero-order valence-corrected chi connectivity index (χ0v) is 17.8. The molecule has 0 N–H and O–H groups in total. The molecule has 0 heterocycles. The molecule has 0 aromatic heterocycles. The van der Waals surface area contributed by atoms with Crippen LogP contribution >= 0.6 is 58.2 Å². The van der Waals surface area contributed by atoms with Gasteiger partial charge in [-0.05, 0) is 12.2 Å². The van der Waals surface area contributed by atoms with Crippen LogP contribution in [0.15, 0.2) is 19.6 Å². The minimum atomic E-state index is -0.666. The number of hydrogen-bond acceptors (Lipinski definition) is 3. The summed E-state index contributed by atoms with van der Waals surface area (Å²) < 4.78 is -0.347. The third kappa shape index (κ3) is 11.9. The van der Waals surface area contributed by atoms with Crippen molar-refractivity contribution in [2.75, 3.05) is 5.75 Å². The van der Waals surface area contributed by atoms with Gasteiger partial charge in [-0.1, -0.05) is 111 Å². The molecule has 0 radical (unpaired) electrons. The molecule has 0 aliphatic heterocycles. The summed E-state index contributed by atoms with van der Waals surface area (Å²) in [5.41, 5.74) is -0.435. The van der Waals surface area contributed by atoms with Crippen LogP contribution in [0.5, 0.6) is 0 Å². The van der Waals surface area contributed by atoms with E-state index in [0.29, 0.717) is 5.75 Å². The maximum Gasteiger partial charge on any atom is 0.315 e. The highest BCUT2D eigenvalue weighted by molar-refractivity contribution is 8.04. The summed E-state index contributed by atoms with van der Waals surface area (Å²) in [5, 5.41) is 10.7. The normalized spacial score (nSPS) is 12.0. The topological polar surface area (TPSA) is 43.1 Å². The first-order valence-electron chi connectivity index (χ1n) is 8.29. The van der Waals surface area contributed by atoms with E-state index in [1.165, 1.54) is 63.1 Å². The molecule has 0 amide bonds. The Hall–Kier alpha value is 0.390. The summed E-state index contributed by atoms with van der Waals surface area (Å²) in [6, 6.07) is 0. The van der Waals surface area contributed by atoms with E-state index in [-0.39, 0.29) is 13.9 Å². The summed E-state index contributed by atoms with van der Waals surface area (Å²) in [5.74, 6) is 0.705. The van der Waals surface area contributed by atoms with Gasteiger partial charge in [0.05, 0.1) is 4.92 Å². The molecule has 0 saturated carbocycles. The Morgan fingerprint density at radius 2 is 1.33 bits per heavy atom. The van der Waals surface area contributed by atoms with Crippen LogP contribution in [-0.2, 0) is 0 Å². The van der Waals surface area contributed by atoms with Crippen LogP contribution in [0.1, 0.15) is 71.1 Å². The second-order valence-electron chi connectivity index (χ2n) is 5.48. The Morgan fingerprint density at radius 3 is 1.75 bits per heavy atom. The van der Waals surface area contributed by atoms with Gasteiger partial charge in [-0.15, -0.1) is 11.8 Å². The molecule has 140 valence electrons. The number of rotatable bonds is 14. The van der Waals surface area contributed by atoms with Crippen molar-refractivity contribution in [3.63, 3.8) is 0 Å². The first-order chi connectivity index (χ1) is 11.4.